The van der Waals surface area contributed by atoms with Gasteiger partial charge in [-0.25, -0.2) is 63.0 Å². The molecule has 11 heterocycles. The van der Waals surface area contributed by atoms with Gasteiger partial charge in [-0.2, -0.15) is 0 Å². The molecule has 0 unspecified atom stereocenters. The van der Waals surface area contributed by atoms with Crippen LogP contribution in [0.3, 0.4) is 0 Å². The highest BCUT2D eigenvalue weighted by Gasteiger charge is 2.49. The number of carbonyl (C=O) groups is 7. The number of aromatic nitrogens is 11. The van der Waals surface area contributed by atoms with Gasteiger partial charge in [0.15, 0.2) is 0 Å². The highest BCUT2D eigenvalue weighted by molar-refractivity contribution is 6.06. The number of pyridine rings is 10. The quantitative estimate of drug-likeness (QED) is 0.0358. The van der Waals surface area contributed by atoms with Gasteiger partial charge in [-0.3, -0.25) is 33.6 Å². The summed E-state index contributed by atoms with van der Waals surface area (Å²) in [6.07, 6.45) is 10.4. The van der Waals surface area contributed by atoms with Crippen molar-refractivity contribution >= 4 is 164 Å². The van der Waals surface area contributed by atoms with E-state index in [0.29, 0.717) is 87.2 Å². The molecule has 0 bridgehead atoms. The molecule has 10 atom stereocenters. The maximum Gasteiger partial charge on any atom is 0.231 e. The summed E-state index contributed by atoms with van der Waals surface area (Å²) in [6, 6.07) is 54.9. The second-order valence-electron chi connectivity index (χ2n) is 34.9. The number of primary amides is 2. The zero-order valence-corrected chi connectivity index (χ0v) is 75.3. The van der Waals surface area contributed by atoms with E-state index in [1.54, 1.807) is 61.3 Å². The number of nitrogen functional groups attached to an aromatic ring is 5. The molecular formula is C103H98F3N23O7. The molecule has 136 heavy (non-hydrogen) atoms. The van der Waals surface area contributed by atoms with Gasteiger partial charge in [0.25, 0.3) is 0 Å². The van der Waals surface area contributed by atoms with Crippen LogP contribution in [0.15, 0.2) is 207 Å². The number of hydrogen-bond acceptors (Lipinski definition) is 22. The molecule has 19 N–H and O–H groups in total. The summed E-state index contributed by atoms with van der Waals surface area (Å²) in [4.78, 5) is 127. The Bertz CT molecular complexity index is 7160. The first-order valence-electron chi connectivity index (χ1n) is 44.5. The second kappa shape index (κ2) is 38.0. The average Bonchev–Trinajstić information content (AvgIpc) is 1.28. The number of benzene rings is 5. The van der Waals surface area contributed by atoms with Crippen LogP contribution in [0.25, 0.3) is 121 Å². The van der Waals surface area contributed by atoms with Crippen molar-refractivity contribution in [3.63, 3.8) is 0 Å². The Hall–Kier alpha value is -16.5. The Morgan fingerprint density at radius 3 is 0.882 bits per heavy atom. The molecule has 11 aromatic heterocycles. The lowest BCUT2D eigenvalue weighted by molar-refractivity contribution is -0.123. The zero-order chi connectivity index (χ0) is 95.9. The number of carbonyl (C=O) groups excluding carboxylic acids is 7. The predicted octanol–water partition coefficient (Wildman–Crippen LogP) is 16.3. The van der Waals surface area contributed by atoms with E-state index in [-0.39, 0.29) is 72.5 Å². The molecule has 688 valence electrons. The number of rotatable bonds is 19. The lowest BCUT2D eigenvalue weighted by atomic mass is 9.98. The topological polar surface area (TPSA) is 496 Å². The van der Waals surface area contributed by atoms with Crippen LogP contribution in [-0.4, -0.2) is 114 Å². The highest BCUT2D eigenvalue weighted by Crippen LogP contribution is 2.44. The van der Waals surface area contributed by atoms with E-state index in [1.807, 2.05) is 161 Å². The van der Waals surface area contributed by atoms with Crippen molar-refractivity contribution < 1.29 is 46.7 Å². The molecule has 5 aliphatic carbocycles. The second-order valence-corrected chi connectivity index (χ2v) is 34.9. The molecule has 5 aliphatic rings. The van der Waals surface area contributed by atoms with Crippen molar-refractivity contribution in [2.45, 2.75) is 105 Å². The van der Waals surface area contributed by atoms with Crippen LogP contribution in [0, 0.1) is 69.1 Å². The maximum atomic E-state index is 13.1. The fraction of sp³-hybridized carbons (Fsp3) is 0.233. The fourth-order valence-corrected chi connectivity index (χ4v) is 17.0. The Kier molecular flexibility index (Phi) is 25.5. The Morgan fingerprint density at radius 2 is 0.596 bits per heavy atom. The molecule has 33 heteroatoms. The smallest absolute Gasteiger partial charge is 0.231 e. The van der Waals surface area contributed by atoms with Gasteiger partial charge >= 0.3 is 0 Å². The number of fused-ring (bicyclic) bond motifs is 6. The number of para-hydroxylation sites is 1. The third-order valence-corrected chi connectivity index (χ3v) is 25.1. The summed E-state index contributed by atoms with van der Waals surface area (Å²) in [6.45, 7) is 12.3. The summed E-state index contributed by atoms with van der Waals surface area (Å²) in [7, 11) is 1.99. The monoisotopic (exact) mass is 1830 g/mol. The van der Waals surface area contributed by atoms with Crippen LogP contribution in [0.4, 0.5) is 71.3 Å². The van der Waals surface area contributed by atoms with E-state index in [9.17, 15) is 46.7 Å². The van der Waals surface area contributed by atoms with Crippen LogP contribution in [0.5, 0.6) is 0 Å². The predicted molar refractivity (Wildman–Crippen MR) is 525 cm³/mol. The van der Waals surface area contributed by atoms with Crippen LogP contribution in [-0.2, 0) is 53.5 Å². The maximum absolute atomic E-state index is 13.1. The molecule has 16 aromatic rings. The van der Waals surface area contributed by atoms with Gasteiger partial charge in [0.05, 0.1) is 75.4 Å². The molecule has 0 aliphatic heterocycles. The lowest BCUT2D eigenvalue weighted by Crippen LogP contribution is -2.21. The standard InChI is InChI=1S/C21H18FN5O.2C21H21N5O2.2C20H19FN4O/c1-27-6-5-11-3-2-4-13(19(11)27)17-7-12-8-18(24-10-15(12)20(23)25-17)26-21(28)14-9-16(14)22;2*1-2-11-5-3-4-6-13(11)17-7-12-8-18(24-10-16(12)19(22)25-17)26-21(28)15-9-14(15)20(23)27;2*1-10-4-3-5-11(2)18(10)16-6-12-7-17(23-9-14(12)19(22)24-16)25-20(26)13-8-15(13)21/h2-8,10,14,16H,9H2,1H3,(H2,23,25)(H,24,26,28);2*3-8,10,14-15H,2,9H2,1H3,(H2,22,25)(H2,23,27)(H,24,26,28);2*3-7,9,13,15H,8H2,1-2H3,(H2,22,24)(H,23,25,26)/t14-,16+;2*14-,15+;2*13-,15+/m11010/s1. The van der Waals surface area contributed by atoms with Gasteiger partial charge in [0, 0.05) is 104 Å². The van der Waals surface area contributed by atoms with E-state index in [2.05, 4.69) is 115 Å². The van der Waals surface area contributed by atoms with Crippen molar-refractivity contribution in [1.82, 2.24) is 54.4 Å². The van der Waals surface area contributed by atoms with Gasteiger partial charge in [-0.15, -0.1) is 0 Å². The number of nitrogens with two attached hydrogens (primary N) is 7. The Labute approximate surface area is 778 Å². The number of nitrogens with zero attached hydrogens (tertiary/aromatic N) is 11. The minimum atomic E-state index is -1.04. The normalized spacial score (nSPS) is 18.4. The molecule has 0 radical (unpaired) electrons. The van der Waals surface area contributed by atoms with Crippen molar-refractivity contribution in [3.05, 3.63) is 240 Å². The summed E-state index contributed by atoms with van der Waals surface area (Å²) < 4.78 is 41.2. The van der Waals surface area contributed by atoms with E-state index in [4.69, 9.17) is 40.1 Å². The molecule has 5 fully saturated rings. The number of alkyl halides is 3. The summed E-state index contributed by atoms with van der Waals surface area (Å²) >= 11 is 0. The van der Waals surface area contributed by atoms with Crippen LogP contribution >= 0.6 is 0 Å². The van der Waals surface area contributed by atoms with Crippen LogP contribution in [0.1, 0.15) is 79.3 Å². The van der Waals surface area contributed by atoms with Crippen molar-refractivity contribution in [1.29, 1.82) is 0 Å². The first-order chi connectivity index (χ1) is 65.3. The molecule has 7 amide bonds. The SMILES string of the molecule is CCc1ccccc1-c1cc2cc(NC(=O)[C@@H]3C[C@@H]3C(N)=O)ncc2c(N)n1.CCc1ccccc1-c1cc2cc(NC(=O)[C@H]3C[C@H]3C(N)=O)ncc2c(N)n1.Cc1cccc(C)c1-c1cc2cc(NC(=O)[C@@H]3C[C@@H]3F)ncc2c(N)n1.Cc1cccc(C)c1-c1cc2cc(NC(=O)[C@H]3C[C@H]3F)ncc2c(N)n1.Cn1ccc2cccc(-c3cc4cc(NC(=O)[C@@H]5C[C@@H]5F)ncc4c(N)n3)c21. The average molecular weight is 1830 g/mol. The summed E-state index contributed by atoms with van der Waals surface area (Å²) in [5, 5.41) is 22.4. The Morgan fingerprint density at radius 1 is 0.331 bits per heavy atom. The fourth-order valence-electron chi connectivity index (χ4n) is 17.0. The van der Waals surface area contributed by atoms with E-state index < -0.39 is 48.1 Å². The third kappa shape index (κ3) is 19.8. The van der Waals surface area contributed by atoms with Crippen molar-refractivity contribution in [2.75, 3.05) is 55.3 Å². The molecular weight excluding hydrogens is 1730 g/mol. The summed E-state index contributed by atoms with van der Waals surface area (Å²) in [5.74, 6) is -1.64. The first-order valence-corrected chi connectivity index (χ1v) is 44.5. The number of nitrogens with one attached hydrogen (secondary N) is 5. The third-order valence-electron chi connectivity index (χ3n) is 25.1. The number of anilines is 10. The van der Waals surface area contributed by atoms with Crippen molar-refractivity contribution in [2.24, 2.45) is 59.9 Å². The van der Waals surface area contributed by atoms with E-state index in [0.717, 1.165) is 140 Å². The molecule has 0 saturated heterocycles. The van der Waals surface area contributed by atoms with E-state index in [1.165, 1.54) is 11.1 Å². The lowest BCUT2D eigenvalue weighted by Gasteiger charge is -2.12. The highest BCUT2D eigenvalue weighted by atomic mass is 19.1. The van der Waals surface area contributed by atoms with Gasteiger partial charge in [-0.05, 0) is 200 Å². The minimum absolute atomic E-state index is 0.241. The molecule has 21 rings (SSSR count). The van der Waals surface area contributed by atoms with E-state index >= 15 is 0 Å². The van der Waals surface area contributed by atoms with Crippen LogP contribution < -0.4 is 66.7 Å². The zero-order valence-electron chi connectivity index (χ0n) is 75.3. The largest absolute Gasteiger partial charge is 0.383 e. The van der Waals surface area contributed by atoms with Gasteiger partial charge in [0.1, 0.15) is 76.7 Å². The van der Waals surface area contributed by atoms with Crippen molar-refractivity contribution in [3.8, 4) is 56.3 Å². The molecule has 30 nitrogen and oxygen atoms in total. The molecule has 5 saturated carbocycles. The van der Waals surface area contributed by atoms with Gasteiger partial charge < -0.3 is 71.3 Å². The van der Waals surface area contributed by atoms with Gasteiger partial charge in [-0.1, -0.05) is 117 Å². The number of aryl methyl sites for hydroxylation is 7. The molecule has 5 aromatic carbocycles. The molecule has 0 spiro atoms. The number of hydrogen-bond donors (Lipinski definition) is 12. The number of amides is 7. The van der Waals surface area contributed by atoms with Crippen LogP contribution in [0.2, 0.25) is 0 Å². The van der Waals surface area contributed by atoms with Gasteiger partial charge in [0.2, 0.25) is 41.4 Å². The Balaban J connectivity index is 0.000000118. The summed E-state index contributed by atoms with van der Waals surface area (Å²) in [5.41, 5.74) is 58.1. The first kappa shape index (κ1) is 91.4. The minimum Gasteiger partial charge on any atom is -0.383 e. The number of halogens is 3.